The molecule has 0 amide bonds. The molecule has 4 rings (SSSR count). The Balaban J connectivity index is 0.000000467. The predicted octanol–water partition coefficient (Wildman–Crippen LogP) is 17.8. The normalized spacial score (nSPS) is 11.8. The SMILES string of the molecule is CCCCCCCCCCc1ccc2ccc(CCCCCCCCCC)c(S(=O)(=O)[O-])c2c1.CCCCCCCCCCc1ccc2ccc(CCCCCCCCCC)c(S(=O)(=O)[O-])c2c1.[Ca+2]. The number of hydrogen-bond donors (Lipinski definition) is 0. The van der Waals surface area contributed by atoms with Gasteiger partial charge in [-0.3, -0.25) is 0 Å². The topological polar surface area (TPSA) is 114 Å². The summed E-state index contributed by atoms with van der Waals surface area (Å²) in [7, 11) is -9.05. The molecule has 0 saturated carbocycles. The molecule has 4 aromatic carbocycles. The van der Waals surface area contributed by atoms with E-state index in [1.165, 1.54) is 167 Å². The molecule has 9 heteroatoms. The number of aryl methyl sites for hydroxylation is 4. The molecule has 0 heterocycles. The van der Waals surface area contributed by atoms with E-state index in [9.17, 15) is 25.9 Å². The second-order valence-electron chi connectivity index (χ2n) is 20.0. The van der Waals surface area contributed by atoms with Crippen LogP contribution in [0.25, 0.3) is 21.5 Å². The van der Waals surface area contributed by atoms with Crippen molar-refractivity contribution >= 4 is 79.5 Å². The first-order chi connectivity index (χ1) is 32.9. The van der Waals surface area contributed by atoms with Crippen LogP contribution in [0.3, 0.4) is 0 Å². The van der Waals surface area contributed by atoms with Crippen LogP contribution in [-0.4, -0.2) is 63.7 Å². The Bertz CT molecular complexity index is 2020. The van der Waals surface area contributed by atoms with E-state index in [1.807, 2.05) is 48.5 Å². The molecular weight excluding hydrogens is 921 g/mol. The molecule has 0 aliphatic carbocycles. The fourth-order valence-corrected chi connectivity index (χ4v) is 11.8. The van der Waals surface area contributed by atoms with Crippen molar-refractivity contribution in [3.8, 4) is 0 Å². The van der Waals surface area contributed by atoms with Gasteiger partial charge in [0.1, 0.15) is 20.2 Å². The number of benzene rings is 4. The number of rotatable bonds is 38. The fraction of sp³-hybridized carbons (Fsp3) is 0.667. The van der Waals surface area contributed by atoms with Gasteiger partial charge in [-0.25, -0.2) is 16.8 Å². The van der Waals surface area contributed by atoms with Crippen molar-refractivity contribution in [1.29, 1.82) is 0 Å². The van der Waals surface area contributed by atoms with Gasteiger partial charge in [0, 0.05) is 0 Å². The Kier molecular flexibility index (Phi) is 35.1. The van der Waals surface area contributed by atoms with Crippen molar-refractivity contribution in [2.24, 2.45) is 0 Å². The first-order valence-corrected chi connectivity index (χ1v) is 30.8. The Morgan fingerprint density at radius 3 is 0.812 bits per heavy atom. The maximum Gasteiger partial charge on any atom is 2.00 e. The fourth-order valence-electron chi connectivity index (χ4n) is 9.89. The van der Waals surface area contributed by atoms with Crippen LogP contribution in [-0.2, 0) is 45.9 Å². The van der Waals surface area contributed by atoms with Crippen molar-refractivity contribution in [2.45, 2.75) is 269 Å². The summed E-state index contributed by atoms with van der Waals surface area (Å²) in [5.41, 5.74) is 3.65. The largest absolute Gasteiger partial charge is 2.00 e. The minimum absolute atomic E-state index is 0. The minimum Gasteiger partial charge on any atom is -0.744 e. The zero-order chi connectivity index (χ0) is 49.3. The molecule has 0 aliphatic heterocycles. The van der Waals surface area contributed by atoms with Crippen molar-refractivity contribution in [2.75, 3.05) is 0 Å². The van der Waals surface area contributed by atoms with Gasteiger partial charge in [-0.15, -0.1) is 0 Å². The third-order valence-corrected chi connectivity index (χ3v) is 15.9. The first-order valence-electron chi connectivity index (χ1n) is 27.9. The van der Waals surface area contributed by atoms with Gasteiger partial charge < -0.3 is 9.11 Å². The van der Waals surface area contributed by atoms with Crippen LogP contribution >= 0.6 is 0 Å². The third kappa shape index (κ3) is 26.3. The predicted molar refractivity (Wildman–Crippen MR) is 295 cm³/mol. The van der Waals surface area contributed by atoms with Crippen molar-refractivity contribution in [3.63, 3.8) is 0 Å². The molecule has 0 aliphatic rings. The standard InChI is InChI=1S/2C30H48O3S.Ca/c2*1-3-5-7-9-11-13-15-17-19-26-21-22-27-23-24-28(30(29(27)25-26)34(31,32)33)20-18-16-14-12-10-8-6-4-2;/h2*21-25H,3-20H2,1-2H3,(H,31,32,33);/q;;+2/p-2. The molecule has 0 aromatic heterocycles. The summed E-state index contributed by atoms with van der Waals surface area (Å²) in [6.07, 6.45) is 42.7. The zero-order valence-corrected chi connectivity index (χ0v) is 48.0. The van der Waals surface area contributed by atoms with Gasteiger partial charge in [0.05, 0.1) is 9.79 Å². The van der Waals surface area contributed by atoms with E-state index in [2.05, 4.69) is 39.8 Å². The summed E-state index contributed by atoms with van der Waals surface area (Å²) in [5, 5.41) is 2.91. The summed E-state index contributed by atoms with van der Waals surface area (Å²) in [4.78, 5) is 0.0384. The molecule has 0 radical (unpaired) electrons. The molecule has 0 unspecified atom stereocenters. The van der Waals surface area contributed by atoms with E-state index in [-0.39, 0.29) is 47.5 Å². The van der Waals surface area contributed by atoms with Gasteiger partial charge in [-0.05, 0) is 107 Å². The van der Waals surface area contributed by atoms with E-state index in [0.717, 1.165) is 73.3 Å². The molecule has 0 N–H and O–H groups in total. The van der Waals surface area contributed by atoms with E-state index in [4.69, 9.17) is 0 Å². The van der Waals surface area contributed by atoms with Crippen LogP contribution in [0.2, 0.25) is 0 Å². The van der Waals surface area contributed by atoms with Gasteiger partial charge in [0.2, 0.25) is 0 Å². The van der Waals surface area contributed by atoms with Gasteiger partial charge in [0.15, 0.2) is 0 Å². The van der Waals surface area contributed by atoms with Crippen LogP contribution in [0.1, 0.15) is 255 Å². The monoisotopic (exact) mass is 1010 g/mol. The number of unbranched alkanes of at least 4 members (excludes halogenated alkanes) is 28. The molecule has 0 spiro atoms. The average Bonchev–Trinajstić information content (AvgIpc) is 3.31. The molecule has 0 saturated heterocycles. The van der Waals surface area contributed by atoms with Crippen LogP contribution in [0.15, 0.2) is 70.5 Å². The summed E-state index contributed by atoms with van der Waals surface area (Å²) in [5.74, 6) is 0. The van der Waals surface area contributed by atoms with Crippen LogP contribution < -0.4 is 0 Å². The summed E-state index contributed by atoms with van der Waals surface area (Å²) in [6.45, 7) is 8.94. The van der Waals surface area contributed by atoms with Crippen molar-refractivity contribution < 1.29 is 25.9 Å². The Labute approximate surface area is 453 Å². The van der Waals surface area contributed by atoms with Crippen LogP contribution in [0.4, 0.5) is 0 Å². The van der Waals surface area contributed by atoms with Crippen LogP contribution in [0.5, 0.6) is 0 Å². The molecule has 0 bridgehead atoms. The molecular formula is C60H94CaO6S2. The Morgan fingerprint density at radius 1 is 0.319 bits per heavy atom. The van der Waals surface area contributed by atoms with Gasteiger partial charge in [-0.1, -0.05) is 256 Å². The van der Waals surface area contributed by atoms with Crippen molar-refractivity contribution in [3.05, 3.63) is 82.9 Å². The maximum atomic E-state index is 12.3. The molecule has 6 nitrogen and oxygen atoms in total. The second-order valence-corrected chi connectivity index (χ2v) is 22.7. The molecule has 0 fully saturated rings. The van der Waals surface area contributed by atoms with Gasteiger partial charge in [-0.2, -0.15) is 0 Å². The zero-order valence-electron chi connectivity index (χ0n) is 44.2. The minimum atomic E-state index is -4.52. The van der Waals surface area contributed by atoms with Crippen LogP contribution in [0, 0.1) is 0 Å². The average molecular weight is 1020 g/mol. The summed E-state index contributed by atoms with van der Waals surface area (Å²) >= 11 is 0. The van der Waals surface area contributed by atoms with Crippen molar-refractivity contribution in [1.82, 2.24) is 0 Å². The smallest absolute Gasteiger partial charge is 0.744 e. The summed E-state index contributed by atoms with van der Waals surface area (Å²) < 4.78 is 73.6. The third-order valence-electron chi connectivity index (χ3n) is 14.0. The maximum absolute atomic E-state index is 12.3. The molecule has 4 aromatic rings. The Morgan fingerprint density at radius 2 is 0.551 bits per heavy atom. The van der Waals surface area contributed by atoms with E-state index in [0.29, 0.717) is 34.7 Å². The van der Waals surface area contributed by atoms with E-state index < -0.39 is 20.2 Å². The Hall–Kier alpha value is -1.52. The van der Waals surface area contributed by atoms with E-state index in [1.54, 1.807) is 0 Å². The number of fused-ring (bicyclic) bond motifs is 2. The van der Waals surface area contributed by atoms with E-state index >= 15 is 0 Å². The molecule has 384 valence electrons. The number of hydrogen-bond acceptors (Lipinski definition) is 6. The molecule has 0 atom stereocenters. The van der Waals surface area contributed by atoms with Gasteiger partial charge in [0.25, 0.3) is 0 Å². The summed E-state index contributed by atoms with van der Waals surface area (Å²) in [6, 6.07) is 19.7. The quantitative estimate of drug-likeness (QED) is 0.0251. The second kappa shape index (κ2) is 38.1. The van der Waals surface area contributed by atoms with Gasteiger partial charge >= 0.3 is 37.7 Å². The first kappa shape index (κ1) is 63.6. The molecule has 69 heavy (non-hydrogen) atoms.